The van der Waals surface area contributed by atoms with Gasteiger partial charge >= 0.3 is 0 Å². The number of hydrogen-bond acceptors (Lipinski definition) is 4. The third-order valence-electron chi connectivity index (χ3n) is 3.67. The Kier molecular flexibility index (Phi) is 7.62. The molecule has 0 aliphatic carbocycles. The molecular formula is C14H29N3O3S. The Balaban J connectivity index is 2.29. The van der Waals surface area contributed by atoms with Gasteiger partial charge in [-0.25, -0.2) is 12.7 Å². The lowest BCUT2D eigenvalue weighted by Crippen LogP contribution is -2.41. The Bertz CT molecular complexity index is 417. The largest absolute Gasteiger partial charge is 0.352 e. The first-order valence-electron chi connectivity index (χ1n) is 7.82. The monoisotopic (exact) mass is 319 g/mol. The Hall–Kier alpha value is -0.660. The maximum absolute atomic E-state index is 12.0. The molecule has 1 rings (SSSR count). The average molecular weight is 319 g/mol. The molecule has 1 amide bonds. The normalized spacial score (nSPS) is 18.1. The lowest BCUT2D eigenvalue weighted by molar-refractivity contribution is -0.121. The van der Waals surface area contributed by atoms with Gasteiger partial charge in [-0.15, -0.1) is 0 Å². The molecular weight excluding hydrogens is 290 g/mol. The molecule has 0 radical (unpaired) electrons. The molecule has 0 bridgehead atoms. The van der Waals surface area contributed by atoms with Crippen LogP contribution in [0.3, 0.4) is 0 Å². The number of nitrogens with two attached hydrogens (primary N) is 1. The standard InChI is InChI=1S/C14H29N3O3S/c1-12(2)10-13(11-15)16-14(18)6-5-9-21(19,20)17-7-3-4-8-17/h12-13H,3-11,15H2,1-2H3,(H,16,18). The summed E-state index contributed by atoms with van der Waals surface area (Å²) in [5, 5.41) is 2.88. The van der Waals surface area contributed by atoms with E-state index >= 15 is 0 Å². The Morgan fingerprint density at radius 3 is 2.43 bits per heavy atom. The summed E-state index contributed by atoms with van der Waals surface area (Å²) in [6, 6.07) is -0.0207. The second kappa shape index (κ2) is 8.70. The van der Waals surface area contributed by atoms with Crippen molar-refractivity contribution >= 4 is 15.9 Å². The van der Waals surface area contributed by atoms with Crippen LogP contribution in [0, 0.1) is 5.92 Å². The van der Waals surface area contributed by atoms with E-state index in [0.29, 0.717) is 32.0 Å². The van der Waals surface area contributed by atoms with Gasteiger partial charge in [0.2, 0.25) is 15.9 Å². The van der Waals surface area contributed by atoms with Crippen molar-refractivity contribution in [1.29, 1.82) is 0 Å². The van der Waals surface area contributed by atoms with Crippen molar-refractivity contribution in [1.82, 2.24) is 9.62 Å². The maximum Gasteiger partial charge on any atom is 0.220 e. The first-order chi connectivity index (χ1) is 9.85. The van der Waals surface area contributed by atoms with E-state index in [1.165, 1.54) is 4.31 Å². The van der Waals surface area contributed by atoms with Gasteiger partial charge < -0.3 is 11.1 Å². The minimum absolute atomic E-state index is 0.0207. The predicted molar refractivity (Wildman–Crippen MR) is 84.3 cm³/mol. The van der Waals surface area contributed by atoms with E-state index < -0.39 is 10.0 Å². The number of sulfonamides is 1. The van der Waals surface area contributed by atoms with E-state index in [4.69, 9.17) is 5.73 Å². The Labute approximate surface area is 128 Å². The molecule has 1 atom stereocenters. The molecule has 1 fully saturated rings. The highest BCUT2D eigenvalue weighted by Gasteiger charge is 2.25. The van der Waals surface area contributed by atoms with Gasteiger partial charge in [-0.1, -0.05) is 13.8 Å². The molecule has 1 aliphatic rings. The molecule has 0 aromatic carbocycles. The van der Waals surface area contributed by atoms with Crippen molar-refractivity contribution in [2.75, 3.05) is 25.4 Å². The Morgan fingerprint density at radius 2 is 1.90 bits per heavy atom. The summed E-state index contributed by atoms with van der Waals surface area (Å²) in [7, 11) is -3.18. The molecule has 0 aromatic heterocycles. The summed E-state index contributed by atoms with van der Waals surface area (Å²) in [5.41, 5.74) is 5.63. The summed E-state index contributed by atoms with van der Waals surface area (Å²) in [4.78, 5) is 11.8. The van der Waals surface area contributed by atoms with E-state index in [1.54, 1.807) is 0 Å². The highest BCUT2D eigenvalue weighted by molar-refractivity contribution is 7.89. The SMILES string of the molecule is CC(C)CC(CN)NC(=O)CCCS(=O)(=O)N1CCCC1. The first-order valence-corrected chi connectivity index (χ1v) is 9.43. The fraction of sp³-hybridized carbons (Fsp3) is 0.929. The van der Waals surface area contributed by atoms with Crippen LogP contribution in [-0.2, 0) is 14.8 Å². The van der Waals surface area contributed by atoms with Gasteiger partial charge in [-0.05, 0) is 31.6 Å². The molecule has 3 N–H and O–H groups in total. The predicted octanol–water partition coefficient (Wildman–Crippen LogP) is 0.682. The zero-order chi connectivity index (χ0) is 15.9. The van der Waals surface area contributed by atoms with Gasteiger partial charge in [0.15, 0.2) is 0 Å². The number of rotatable bonds is 9. The topological polar surface area (TPSA) is 92.5 Å². The van der Waals surface area contributed by atoms with Crippen LogP contribution in [-0.4, -0.2) is 50.1 Å². The Morgan fingerprint density at radius 1 is 1.29 bits per heavy atom. The van der Waals surface area contributed by atoms with Crippen molar-refractivity contribution in [3.8, 4) is 0 Å². The van der Waals surface area contributed by atoms with Crippen LogP contribution in [0.5, 0.6) is 0 Å². The van der Waals surface area contributed by atoms with Crippen LogP contribution in [0.25, 0.3) is 0 Å². The van der Waals surface area contributed by atoms with Crippen molar-refractivity contribution in [2.45, 2.75) is 52.0 Å². The van der Waals surface area contributed by atoms with Gasteiger partial charge in [0.1, 0.15) is 0 Å². The molecule has 124 valence electrons. The van der Waals surface area contributed by atoms with Gasteiger partial charge in [0.05, 0.1) is 5.75 Å². The second-order valence-corrected chi connectivity index (χ2v) is 8.24. The van der Waals surface area contributed by atoms with E-state index in [2.05, 4.69) is 19.2 Å². The zero-order valence-electron chi connectivity index (χ0n) is 13.2. The van der Waals surface area contributed by atoms with Crippen LogP contribution in [0.1, 0.15) is 46.0 Å². The van der Waals surface area contributed by atoms with Gasteiger partial charge in [-0.3, -0.25) is 4.79 Å². The smallest absolute Gasteiger partial charge is 0.220 e. The minimum atomic E-state index is -3.18. The number of carbonyl (C=O) groups is 1. The third-order valence-corrected chi connectivity index (χ3v) is 5.63. The summed E-state index contributed by atoms with van der Waals surface area (Å²) in [5.74, 6) is 0.412. The van der Waals surface area contributed by atoms with Crippen molar-refractivity contribution < 1.29 is 13.2 Å². The van der Waals surface area contributed by atoms with Crippen LogP contribution in [0.15, 0.2) is 0 Å². The molecule has 1 aliphatic heterocycles. The van der Waals surface area contributed by atoms with Crippen LogP contribution in [0.4, 0.5) is 0 Å². The molecule has 0 spiro atoms. The van der Waals surface area contributed by atoms with Gasteiger partial charge in [0.25, 0.3) is 0 Å². The van der Waals surface area contributed by atoms with Crippen molar-refractivity contribution in [3.63, 3.8) is 0 Å². The van der Waals surface area contributed by atoms with Crippen molar-refractivity contribution in [3.05, 3.63) is 0 Å². The first kappa shape index (κ1) is 18.4. The summed E-state index contributed by atoms with van der Waals surface area (Å²) >= 11 is 0. The molecule has 7 heteroatoms. The maximum atomic E-state index is 12.0. The molecule has 0 saturated carbocycles. The van der Waals surface area contributed by atoms with Crippen molar-refractivity contribution in [2.24, 2.45) is 11.7 Å². The highest BCUT2D eigenvalue weighted by atomic mass is 32.2. The fourth-order valence-electron chi connectivity index (χ4n) is 2.59. The van der Waals surface area contributed by atoms with E-state index in [1.807, 2.05) is 0 Å². The quantitative estimate of drug-likeness (QED) is 0.654. The van der Waals surface area contributed by atoms with E-state index in [-0.39, 0.29) is 24.1 Å². The van der Waals surface area contributed by atoms with Crippen LogP contribution >= 0.6 is 0 Å². The van der Waals surface area contributed by atoms with E-state index in [9.17, 15) is 13.2 Å². The van der Waals surface area contributed by atoms with Crippen LogP contribution in [0.2, 0.25) is 0 Å². The summed E-state index contributed by atoms with van der Waals surface area (Å²) < 4.78 is 25.6. The summed E-state index contributed by atoms with van der Waals surface area (Å²) in [6.45, 7) is 5.82. The molecule has 1 saturated heterocycles. The fourth-order valence-corrected chi connectivity index (χ4v) is 4.18. The molecule has 0 aromatic rings. The number of carbonyl (C=O) groups excluding carboxylic acids is 1. The highest BCUT2D eigenvalue weighted by Crippen LogP contribution is 2.14. The third kappa shape index (κ3) is 6.76. The van der Waals surface area contributed by atoms with E-state index in [0.717, 1.165) is 19.3 Å². The molecule has 1 heterocycles. The number of nitrogens with one attached hydrogen (secondary N) is 1. The molecule has 6 nitrogen and oxygen atoms in total. The number of nitrogens with zero attached hydrogens (tertiary/aromatic N) is 1. The summed E-state index contributed by atoms with van der Waals surface area (Å²) in [6.07, 6.45) is 3.32. The van der Waals surface area contributed by atoms with Crippen LogP contribution < -0.4 is 11.1 Å². The second-order valence-electron chi connectivity index (χ2n) is 6.16. The lowest BCUT2D eigenvalue weighted by atomic mass is 10.0. The van der Waals surface area contributed by atoms with Gasteiger partial charge in [0, 0.05) is 32.1 Å². The molecule has 1 unspecified atom stereocenters. The van der Waals surface area contributed by atoms with Gasteiger partial charge in [-0.2, -0.15) is 0 Å². The zero-order valence-corrected chi connectivity index (χ0v) is 14.0. The average Bonchev–Trinajstić information content (AvgIpc) is 2.91. The lowest BCUT2D eigenvalue weighted by Gasteiger charge is -2.19. The number of hydrogen-bond donors (Lipinski definition) is 2. The molecule has 21 heavy (non-hydrogen) atoms. The number of amides is 1. The minimum Gasteiger partial charge on any atom is -0.352 e.